The number of amides is 1. The van der Waals surface area contributed by atoms with Crippen LogP contribution in [0.2, 0.25) is 5.02 Å². The van der Waals surface area contributed by atoms with Crippen LogP contribution in [0.4, 0.5) is 5.69 Å². The molecule has 2 rings (SSSR count). The molecule has 0 saturated heterocycles. The molecule has 2 aromatic rings. The van der Waals surface area contributed by atoms with Gasteiger partial charge in [-0.05, 0) is 55.5 Å². The molecule has 7 heteroatoms. The molecule has 0 aliphatic rings. The first kappa shape index (κ1) is 24.2. The van der Waals surface area contributed by atoms with Crippen molar-refractivity contribution in [3.05, 3.63) is 58.6 Å². The van der Waals surface area contributed by atoms with E-state index in [-0.39, 0.29) is 35.2 Å². The van der Waals surface area contributed by atoms with Crippen LogP contribution in [0.25, 0.3) is 0 Å². The molecule has 164 valence electrons. The summed E-state index contributed by atoms with van der Waals surface area (Å²) in [5.74, 6) is 0.102. The minimum absolute atomic E-state index is 0.0527. The summed E-state index contributed by atoms with van der Waals surface area (Å²) < 4.78 is 28.0. The number of carbonyl (C=O) groups excluding carboxylic acids is 1. The van der Waals surface area contributed by atoms with Gasteiger partial charge in [0, 0.05) is 11.1 Å². The average Bonchev–Trinajstić information content (AvgIpc) is 2.66. The van der Waals surface area contributed by atoms with Gasteiger partial charge in [0.25, 0.3) is 10.0 Å². The molecule has 5 nitrogen and oxygen atoms in total. The molecule has 30 heavy (non-hydrogen) atoms. The number of hydrogen-bond acceptors (Lipinski definition) is 3. The van der Waals surface area contributed by atoms with Gasteiger partial charge in [0.1, 0.15) is 6.54 Å². The third-order valence-electron chi connectivity index (χ3n) is 5.10. The van der Waals surface area contributed by atoms with E-state index in [1.165, 1.54) is 0 Å². The van der Waals surface area contributed by atoms with E-state index < -0.39 is 10.0 Å². The highest BCUT2D eigenvalue weighted by Gasteiger charge is 2.29. The zero-order valence-electron chi connectivity index (χ0n) is 18.4. The highest BCUT2D eigenvalue weighted by Crippen LogP contribution is 2.28. The molecule has 2 aromatic carbocycles. The van der Waals surface area contributed by atoms with E-state index in [1.807, 2.05) is 41.5 Å². The molecule has 0 radical (unpaired) electrons. The highest BCUT2D eigenvalue weighted by molar-refractivity contribution is 7.92. The van der Waals surface area contributed by atoms with Crippen LogP contribution in [0.3, 0.4) is 0 Å². The molecule has 0 aliphatic carbocycles. The van der Waals surface area contributed by atoms with Gasteiger partial charge in [-0.1, -0.05) is 63.1 Å². The van der Waals surface area contributed by atoms with Gasteiger partial charge in [-0.15, -0.1) is 0 Å². The van der Waals surface area contributed by atoms with E-state index in [0.717, 1.165) is 15.4 Å². The van der Waals surface area contributed by atoms with Gasteiger partial charge >= 0.3 is 0 Å². The molecule has 0 aromatic heterocycles. The van der Waals surface area contributed by atoms with Crippen molar-refractivity contribution in [3.63, 3.8) is 0 Å². The standard InChI is InChI=1S/C23H31ClN2O3S/c1-15(2)23(16(3)4)25-22(27)14-26(19-10-9-18(6)21(24)13-19)30(28,29)20-11-7-17(5)8-12-20/h7-13,15-16,23H,14H2,1-6H3,(H,25,27). The van der Waals surface area contributed by atoms with Crippen molar-refractivity contribution in [1.82, 2.24) is 5.32 Å². The Morgan fingerprint density at radius 2 is 1.57 bits per heavy atom. The fourth-order valence-electron chi connectivity index (χ4n) is 3.35. The second-order valence-electron chi connectivity index (χ2n) is 8.34. The van der Waals surface area contributed by atoms with E-state index in [2.05, 4.69) is 5.32 Å². The SMILES string of the molecule is Cc1ccc(S(=O)(=O)N(CC(=O)NC(C(C)C)C(C)C)c2ccc(C)c(Cl)c2)cc1. The number of nitrogens with zero attached hydrogens (tertiary/aromatic N) is 1. The smallest absolute Gasteiger partial charge is 0.264 e. The predicted molar refractivity (Wildman–Crippen MR) is 124 cm³/mol. The number of carbonyl (C=O) groups is 1. The van der Waals surface area contributed by atoms with E-state index in [9.17, 15) is 13.2 Å². The Balaban J connectivity index is 2.45. The van der Waals surface area contributed by atoms with Crippen LogP contribution in [-0.4, -0.2) is 26.9 Å². The molecular formula is C23H31ClN2O3S. The summed E-state index contributed by atoms with van der Waals surface area (Å²) in [6.45, 7) is 11.5. The number of sulfonamides is 1. The second kappa shape index (κ2) is 9.84. The maximum absolute atomic E-state index is 13.4. The summed E-state index contributed by atoms with van der Waals surface area (Å²) in [4.78, 5) is 13.0. The number of nitrogens with one attached hydrogen (secondary N) is 1. The lowest BCUT2D eigenvalue weighted by Crippen LogP contribution is -2.47. The maximum atomic E-state index is 13.4. The summed E-state index contributed by atoms with van der Waals surface area (Å²) >= 11 is 6.26. The number of aryl methyl sites for hydroxylation is 2. The highest BCUT2D eigenvalue weighted by atomic mass is 35.5. The Morgan fingerprint density at radius 3 is 2.07 bits per heavy atom. The number of halogens is 1. The Morgan fingerprint density at radius 1 is 1.00 bits per heavy atom. The van der Waals surface area contributed by atoms with Crippen molar-refractivity contribution in [2.24, 2.45) is 11.8 Å². The van der Waals surface area contributed by atoms with Crippen LogP contribution < -0.4 is 9.62 Å². The third kappa shape index (κ3) is 5.76. The van der Waals surface area contributed by atoms with Crippen LogP contribution in [0.5, 0.6) is 0 Å². The molecule has 0 aliphatic heterocycles. The van der Waals surface area contributed by atoms with Crippen molar-refractivity contribution >= 4 is 33.2 Å². The zero-order valence-corrected chi connectivity index (χ0v) is 20.0. The molecule has 0 spiro atoms. The fourth-order valence-corrected chi connectivity index (χ4v) is 4.94. The minimum atomic E-state index is -3.96. The Bertz CT molecular complexity index is 978. The topological polar surface area (TPSA) is 66.5 Å². The van der Waals surface area contributed by atoms with E-state index in [0.29, 0.717) is 10.7 Å². The number of benzene rings is 2. The molecular weight excluding hydrogens is 420 g/mol. The summed E-state index contributed by atoms with van der Waals surface area (Å²) in [5.41, 5.74) is 2.14. The minimum Gasteiger partial charge on any atom is -0.351 e. The van der Waals surface area contributed by atoms with E-state index in [4.69, 9.17) is 11.6 Å². The predicted octanol–water partition coefficient (Wildman–Crippen LogP) is 4.95. The molecule has 0 heterocycles. The molecule has 0 unspecified atom stereocenters. The van der Waals surface area contributed by atoms with Gasteiger partial charge in [-0.2, -0.15) is 0 Å². The van der Waals surface area contributed by atoms with Gasteiger partial charge < -0.3 is 5.32 Å². The lowest BCUT2D eigenvalue weighted by Gasteiger charge is -2.29. The first-order chi connectivity index (χ1) is 13.9. The third-order valence-corrected chi connectivity index (χ3v) is 7.30. The van der Waals surface area contributed by atoms with Crippen LogP contribution in [-0.2, 0) is 14.8 Å². The first-order valence-electron chi connectivity index (χ1n) is 10.1. The molecule has 1 N–H and O–H groups in total. The lowest BCUT2D eigenvalue weighted by molar-refractivity contribution is -0.121. The molecule has 0 fully saturated rings. The van der Waals surface area contributed by atoms with E-state index >= 15 is 0 Å². The average molecular weight is 451 g/mol. The van der Waals surface area contributed by atoms with Crippen LogP contribution >= 0.6 is 11.6 Å². The van der Waals surface area contributed by atoms with Crippen molar-refractivity contribution in [2.45, 2.75) is 52.5 Å². The first-order valence-corrected chi connectivity index (χ1v) is 11.9. The molecule has 0 bridgehead atoms. The van der Waals surface area contributed by atoms with Crippen LogP contribution in [0.15, 0.2) is 47.4 Å². The summed E-state index contributed by atoms with van der Waals surface area (Å²) in [5, 5.41) is 3.44. The van der Waals surface area contributed by atoms with E-state index in [1.54, 1.807) is 42.5 Å². The van der Waals surface area contributed by atoms with Gasteiger partial charge in [-0.25, -0.2) is 8.42 Å². The molecule has 0 saturated carbocycles. The fraction of sp³-hybridized carbons (Fsp3) is 0.435. The number of rotatable bonds is 8. The van der Waals surface area contributed by atoms with Crippen molar-refractivity contribution in [3.8, 4) is 0 Å². The van der Waals surface area contributed by atoms with Crippen molar-refractivity contribution in [1.29, 1.82) is 0 Å². The van der Waals surface area contributed by atoms with Gasteiger partial charge in [-0.3, -0.25) is 9.10 Å². The number of hydrogen-bond donors (Lipinski definition) is 1. The van der Waals surface area contributed by atoms with Gasteiger partial charge in [0.05, 0.1) is 10.6 Å². The Labute approximate surface area is 185 Å². The van der Waals surface area contributed by atoms with Gasteiger partial charge in [0.2, 0.25) is 5.91 Å². The molecule has 0 atom stereocenters. The van der Waals surface area contributed by atoms with Crippen LogP contribution in [0.1, 0.15) is 38.8 Å². The summed E-state index contributed by atoms with van der Waals surface area (Å²) in [6, 6.07) is 11.5. The zero-order chi connectivity index (χ0) is 22.6. The molecule has 1 amide bonds. The summed E-state index contributed by atoms with van der Waals surface area (Å²) in [7, 11) is -3.96. The lowest BCUT2D eigenvalue weighted by atomic mass is 9.93. The van der Waals surface area contributed by atoms with Crippen molar-refractivity contribution in [2.75, 3.05) is 10.8 Å². The van der Waals surface area contributed by atoms with Gasteiger partial charge in [0.15, 0.2) is 0 Å². The maximum Gasteiger partial charge on any atom is 0.264 e. The Kier molecular flexibility index (Phi) is 7.94. The monoisotopic (exact) mass is 450 g/mol. The largest absolute Gasteiger partial charge is 0.351 e. The van der Waals surface area contributed by atoms with Crippen molar-refractivity contribution < 1.29 is 13.2 Å². The second-order valence-corrected chi connectivity index (χ2v) is 10.6. The number of anilines is 1. The normalized spacial score (nSPS) is 11.9. The Hall–Kier alpha value is -2.05. The quantitative estimate of drug-likeness (QED) is 0.618. The summed E-state index contributed by atoms with van der Waals surface area (Å²) in [6.07, 6.45) is 0. The van der Waals surface area contributed by atoms with Crippen LogP contribution in [0, 0.1) is 25.7 Å².